The van der Waals surface area contributed by atoms with Gasteiger partial charge in [-0.1, -0.05) is 0 Å². The summed E-state index contributed by atoms with van der Waals surface area (Å²) >= 11 is 0. The van der Waals surface area contributed by atoms with Crippen LogP contribution in [0.3, 0.4) is 0 Å². The molecule has 5 heteroatoms. The molecule has 0 unspecified atom stereocenters. The van der Waals surface area contributed by atoms with Crippen LogP contribution in [-0.4, -0.2) is 44.0 Å². The topological polar surface area (TPSA) is 75.6 Å². The van der Waals surface area contributed by atoms with Crippen LogP contribution in [0.25, 0.3) is 0 Å². The third-order valence-corrected chi connectivity index (χ3v) is 4.49. The minimum atomic E-state index is -0.425. The van der Waals surface area contributed by atoms with E-state index >= 15 is 0 Å². The number of amides is 1. The van der Waals surface area contributed by atoms with E-state index in [0.717, 1.165) is 12.2 Å². The van der Waals surface area contributed by atoms with Crippen LogP contribution >= 0.6 is 0 Å². The van der Waals surface area contributed by atoms with Gasteiger partial charge in [0.15, 0.2) is 0 Å². The van der Waals surface area contributed by atoms with E-state index in [0.29, 0.717) is 11.3 Å². The molecule has 1 aliphatic rings. The number of hydrogen-bond acceptors (Lipinski definition) is 4. The number of rotatable bonds is 5. The second-order valence-electron chi connectivity index (χ2n) is 5.97. The zero-order valence-electron chi connectivity index (χ0n) is 12.5. The molecule has 0 bridgehead atoms. The molecule has 0 aromatic heterocycles. The number of benzene rings is 1. The number of hydrogen-bond donors (Lipinski definition) is 2. The van der Waals surface area contributed by atoms with Gasteiger partial charge in [-0.2, -0.15) is 0 Å². The van der Waals surface area contributed by atoms with Crippen LogP contribution in [-0.2, 0) is 0 Å². The van der Waals surface area contributed by atoms with Crippen LogP contribution in [0.4, 0.5) is 11.4 Å². The van der Waals surface area contributed by atoms with Gasteiger partial charge in [-0.25, -0.2) is 0 Å². The second kappa shape index (κ2) is 5.32. The van der Waals surface area contributed by atoms with Crippen LogP contribution in [0, 0.1) is 0 Å². The first-order valence-corrected chi connectivity index (χ1v) is 6.94. The molecule has 20 heavy (non-hydrogen) atoms. The molecule has 1 fully saturated rings. The van der Waals surface area contributed by atoms with Crippen molar-refractivity contribution in [2.24, 2.45) is 5.73 Å². The van der Waals surface area contributed by atoms with Gasteiger partial charge in [-0.05, 0) is 51.6 Å². The monoisotopic (exact) mass is 276 g/mol. The Kier molecular flexibility index (Phi) is 3.90. The number of nitrogens with zero attached hydrogens (tertiary/aromatic N) is 2. The Bertz CT molecular complexity index is 509. The Morgan fingerprint density at radius 2 is 1.95 bits per heavy atom. The van der Waals surface area contributed by atoms with E-state index in [9.17, 15) is 4.79 Å². The molecule has 0 atom stereocenters. The maximum Gasteiger partial charge on any atom is 0.248 e. The highest BCUT2D eigenvalue weighted by Gasteiger charge is 2.40. The highest BCUT2D eigenvalue weighted by molar-refractivity contribution is 5.95. The van der Waals surface area contributed by atoms with Crippen molar-refractivity contribution in [2.75, 3.05) is 38.3 Å². The minimum absolute atomic E-state index is 0.212. The molecule has 1 aromatic rings. The molecule has 0 spiro atoms. The first-order chi connectivity index (χ1) is 9.35. The zero-order valence-corrected chi connectivity index (χ0v) is 12.5. The highest BCUT2D eigenvalue weighted by atomic mass is 16.1. The van der Waals surface area contributed by atoms with E-state index in [2.05, 4.69) is 23.9 Å². The summed E-state index contributed by atoms with van der Waals surface area (Å²) in [4.78, 5) is 15.7. The molecule has 5 nitrogen and oxygen atoms in total. The van der Waals surface area contributed by atoms with E-state index in [1.165, 1.54) is 19.3 Å². The van der Waals surface area contributed by atoms with Crippen molar-refractivity contribution in [2.45, 2.75) is 24.8 Å². The summed E-state index contributed by atoms with van der Waals surface area (Å²) in [6.45, 7) is 0.895. The third-order valence-electron chi connectivity index (χ3n) is 4.49. The lowest BCUT2D eigenvalue weighted by Gasteiger charge is -2.49. The standard InChI is InChI=1S/C15H24N4O/c1-18(2)15(7-4-8-15)10-19(3)13-9-11(14(17)20)5-6-12(13)16/h5-6,9H,4,7-8,10,16H2,1-3H3,(H2,17,20). The summed E-state index contributed by atoms with van der Waals surface area (Å²) in [7, 11) is 6.26. The Labute approximate surface area is 120 Å². The normalized spacial score (nSPS) is 16.8. The number of carbonyl (C=O) groups is 1. The van der Waals surface area contributed by atoms with Crippen LogP contribution in [0.5, 0.6) is 0 Å². The van der Waals surface area contributed by atoms with Crippen molar-refractivity contribution in [3.05, 3.63) is 23.8 Å². The predicted molar refractivity (Wildman–Crippen MR) is 82.9 cm³/mol. The van der Waals surface area contributed by atoms with Crippen LogP contribution in [0.15, 0.2) is 18.2 Å². The molecule has 2 rings (SSSR count). The van der Waals surface area contributed by atoms with Gasteiger partial charge in [-0.3, -0.25) is 4.79 Å². The summed E-state index contributed by atoms with van der Waals surface area (Å²) in [6, 6.07) is 5.19. The molecule has 110 valence electrons. The Morgan fingerprint density at radius 1 is 1.30 bits per heavy atom. The Hall–Kier alpha value is -1.75. The van der Waals surface area contributed by atoms with Gasteiger partial charge in [-0.15, -0.1) is 0 Å². The van der Waals surface area contributed by atoms with E-state index in [-0.39, 0.29) is 5.54 Å². The lowest BCUT2D eigenvalue weighted by atomic mass is 9.75. The molecule has 0 aliphatic heterocycles. The van der Waals surface area contributed by atoms with E-state index < -0.39 is 5.91 Å². The molecule has 1 aliphatic carbocycles. The minimum Gasteiger partial charge on any atom is -0.397 e. The lowest BCUT2D eigenvalue weighted by Crippen LogP contribution is -2.56. The van der Waals surface area contributed by atoms with Crippen molar-refractivity contribution in [3.8, 4) is 0 Å². The number of carbonyl (C=O) groups excluding carboxylic acids is 1. The molecule has 1 amide bonds. The van der Waals surface area contributed by atoms with Gasteiger partial charge in [0.2, 0.25) is 5.91 Å². The number of primary amides is 1. The molecular formula is C15H24N4O. The van der Waals surface area contributed by atoms with Crippen molar-refractivity contribution in [3.63, 3.8) is 0 Å². The number of anilines is 2. The van der Waals surface area contributed by atoms with Crippen LogP contribution in [0.2, 0.25) is 0 Å². The fraction of sp³-hybridized carbons (Fsp3) is 0.533. The summed E-state index contributed by atoms with van der Waals surface area (Å²) in [5.41, 5.74) is 13.6. The van der Waals surface area contributed by atoms with Gasteiger partial charge < -0.3 is 21.3 Å². The lowest BCUT2D eigenvalue weighted by molar-refractivity contribution is 0.0683. The molecule has 1 saturated carbocycles. The van der Waals surface area contributed by atoms with Crippen LogP contribution < -0.4 is 16.4 Å². The SMILES string of the molecule is CN(CC1(N(C)C)CCC1)c1cc(C(N)=O)ccc1N. The molecular weight excluding hydrogens is 252 g/mol. The van der Waals surface area contributed by atoms with Crippen LogP contribution in [0.1, 0.15) is 29.6 Å². The smallest absolute Gasteiger partial charge is 0.248 e. The van der Waals surface area contributed by atoms with Gasteiger partial charge in [0.25, 0.3) is 0 Å². The quantitative estimate of drug-likeness (QED) is 0.795. The molecule has 0 radical (unpaired) electrons. The molecule has 4 N–H and O–H groups in total. The fourth-order valence-corrected chi connectivity index (χ4v) is 2.89. The zero-order chi connectivity index (χ0) is 14.9. The summed E-state index contributed by atoms with van der Waals surface area (Å²) < 4.78 is 0. The highest BCUT2D eigenvalue weighted by Crippen LogP contribution is 2.38. The fourth-order valence-electron chi connectivity index (χ4n) is 2.89. The van der Waals surface area contributed by atoms with E-state index in [4.69, 9.17) is 11.5 Å². The van der Waals surface area contributed by atoms with Gasteiger partial charge in [0.1, 0.15) is 0 Å². The molecule has 0 saturated heterocycles. The van der Waals surface area contributed by atoms with E-state index in [1.807, 2.05) is 7.05 Å². The van der Waals surface area contributed by atoms with Crippen molar-refractivity contribution < 1.29 is 4.79 Å². The Morgan fingerprint density at radius 3 is 2.40 bits per heavy atom. The largest absolute Gasteiger partial charge is 0.397 e. The number of likely N-dealkylation sites (N-methyl/N-ethyl adjacent to an activating group) is 2. The first kappa shape index (κ1) is 14.7. The average molecular weight is 276 g/mol. The molecule has 0 heterocycles. The number of nitrogen functional groups attached to an aromatic ring is 1. The van der Waals surface area contributed by atoms with Gasteiger partial charge in [0, 0.05) is 24.7 Å². The second-order valence-corrected chi connectivity index (χ2v) is 5.97. The first-order valence-electron chi connectivity index (χ1n) is 6.94. The van der Waals surface area contributed by atoms with Crippen molar-refractivity contribution in [1.82, 2.24) is 4.90 Å². The average Bonchev–Trinajstić information content (AvgIpc) is 2.33. The van der Waals surface area contributed by atoms with Gasteiger partial charge in [0.05, 0.1) is 11.4 Å². The summed E-state index contributed by atoms with van der Waals surface area (Å²) in [5, 5.41) is 0. The maximum absolute atomic E-state index is 11.3. The predicted octanol–water partition coefficient (Wildman–Crippen LogP) is 1.29. The number of nitrogens with two attached hydrogens (primary N) is 2. The van der Waals surface area contributed by atoms with Crippen molar-refractivity contribution >= 4 is 17.3 Å². The summed E-state index contributed by atoms with van der Waals surface area (Å²) in [6.07, 6.45) is 3.66. The van der Waals surface area contributed by atoms with Crippen molar-refractivity contribution in [1.29, 1.82) is 0 Å². The Balaban J connectivity index is 2.22. The summed E-state index contributed by atoms with van der Waals surface area (Å²) in [5.74, 6) is -0.425. The third kappa shape index (κ3) is 2.58. The van der Waals surface area contributed by atoms with E-state index in [1.54, 1.807) is 18.2 Å². The van der Waals surface area contributed by atoms with Gasteiger partial charge >= 0.3 is 0 Å². The molecule has 1 aromatic carbocycles. The maximum atomic E-state index is 11.3.